The van der Waals surface area contributed by atoms with Gasteiger partial charge in [0.15, 0.2) is 11.5 Å². The second-order valence-corrected chi connectivity index (χ2v) is 8.71. The lowest BCUT2D eigenvalue weighted by atomic mass is 10.0. The first kappa shape index (κ1) is 24.5. The number of carbonyl (C=O) groups excluding carboxylic acids is 2. The molecule has 0 aliphatic rings. The van der Waals surface area contributed by atoms with Gasteiger partial charge in [-0.25, -0.2) is 9.18 Å². The third kappa shape index (κ3) is 4.67. The van der Waals surface area contributed by atoms with Gasteiger partial charge in [-0.2, -0.15) is 0 Å². The van der Waals surface area contributed by atoms with Crippen molar-refractivity contribution >= 4 is 44.1 Å². The van der Waals surface area contributed by atoms with E-state index in [-0.39, 0.29) is 16.9 Å². The second-order valence-electron chi connectivity index (χ2n) is 6.70. The summed E-state index contributed by atoms with van der Waals surface area (Å²) in [4.78, 5) is 26.7. The Bertz CT molecular complexity index is 1210. The summed E-state index contributed by atoms with van der Waals surface area (Å²) in [5.74, 6) is -0.637. The molecule has 3 rings (SSSR count). The van der Waals surface area contributed by atoms with Crippen LogP contribution in [0.4, 0.5) is 9.39 Å². The Morgan fingerprint density at radius 2 is 1.64 bits per heavy atom. The maximum absolute atomic E-state index is 13.4. The summed E-state index contributed by atoms with van der Waals surface area (Å²) in [6.45, 7) is 1.81. The number of hydrogen-bond acceptors (Lipinski definition) is 7. The number of methoxy groups -OCH3 is 4. The van der Waals surface area contributed by atoms with Gasteiger partial charge in [-0.05, 0) is 46.6 Å². The van der Waals surface area contributed by atoms with E-state index in [1.165, 1.54) is 58.0 Å². The van der Waals surface area contributed by atoms with Gasteiger partial charge in [0.05, 0.1) is 38.5 Å². The minimum absolute atomic E-state index is 0.184. The van der Waals surface area contributed by atoms with E-state index >= 15 is 0 Å². The Kier molecular flexibility index (Phi) is 7.60. The van der Waals surface area contributed by atoms with Gasteiger partial charge >= 0.3 is 5.97 Å². The lowest BCUT2D eigenvalue weighted by Gasteiger charge is -2.16. The highest BCUT2D eigenvalue weighted by molar-refractivity contribution is 9.10. The molecule has 1 aromatic heterocycles. The van der Waals surface area contributed by atoms with Crippen LogP contribution in [0.2, 0.25) is 0 Å². The number of benzene rings is 2. The molecular formula is C23H21BrFNO6S. The van der Waals surface area contributed by atoms with Crippen molar-refractivity contribution in [1.29, 1.82) is 0 Å². The van der Waals surface area contributed by atoms with E-state index in [2.05, 4.69) is 21.2 Å². The lowest BCUT2D eigenvalue weighted by Crippen LogP contribution is -2.15. The molecule has 3 aromatic rings. The monoisotopic (exact) mass is 537 g/mol. The smallest absolute Gasteiger partial charge is 0.341 e. The standard InChI is InChI=1S/C23H21BrFNO6S/c1-11-16(12-6-8-13(25)9-7-12)17(23(28)32-5)22(33-11)26-21(27)14-10-15(29-2)19(30-3)20(31-4)18(14)24/h6-10H,1-5H3,(H,26,27). The number of amides is 1. The Hall–Kier alpha value is -3.11. The fraction of sp³-hybridized carbons (Fsp3) is 0.217. The number of anilines is 1. The average molecular weight is 538 g/mol. The molecule has 0 spiro atoms. The van der Waals surface area contributed by atoms with Gasteiger partial charge in [-0.1, -0.05) is 12.1 Å². The van der Waals surface area contributed by atoms with Crippen LogP contribution in [0.1, 0.15) is 25.6 Å². The van der Waals surface area contributed by atoms with Crippen molar-refractivity contribution in [2.45, 2.75) is 6.92 Å². The predicted molar refractivity (Wildman–Crippen MR) is 128 cm³/mol. The maximum atomic E-state index is 13.4. The molecule has 0 radical (unpaired) electrons. The normalized spacial score (nSPS) is 10.5. The summed E-state index contributed by atoms with van der Waals surface area (Å²) >= 11 is 4.60. The van der Waals surface area contributed by atoms with Gasteiger partial charge in [0.1, 0.15) is 16.4 Å². The highest BCUT2D eigenvalue weighted by atomic mass is 79.9. The van der Waals surface area contributed by atoms with Crippen LogP contribution in [0.15, 0.2) is 34.8 Å². The zero-order valence-corrected chi connectivity index (χ0v) is 20.9. The quantitative estimate of drug-likeness (QED) is 0.390. The number of carbonyl (C=O) groups is 2. The number of thiophene rings is 1. The zero-order valence-electron chi connectivity index (χ0n) is 18.5. The average Bonchev–Trinajstić information content (AvgIpc) is 3.13. The highest BCUT2D eigenvalue weighted by Crippen LogP contribution is 2.46. The van der Waals surface area contributed by atoms with Crippen LogP contribution in [0.3, 0.4) is 0 Å². The summed E-state index contributed by atoms with van der Waals surface area (Å²) in [6, 6.07) is 7.24. The van der Waals surface area contributed by atoms with Crippen LogP contribution in [0.5, 0.6) is 17.2 Å². The molecule has 1 N–H and O–H groups in total. The van der Waals surface area contributed by atoms with Crippen molar-refractivity contribution in [1.82, 2.24) is 0 Å². The molecule has 7 nitrogen and oxygen atoms in total. The summed E-state index contributed by atoms with van der Waals surface area (Å²) in [5.41, 5.74) is 1.57. The highest BCUT2D eigenvalue weighted by Gasteiger charge is 2.28. The Balaban J connectivity index is 2.11. The Morgan fingerprint density at radius 3 is 2.18 bits per heavy atom. The molecule has 10 heteroatoms. The van der Waals surface area contributed by atoms with Crippen molar-refractivity contribution < 1.29 is 32.9 Å². The first-order valence-electron chi connectivity index (χ1n) is 9.54. The van der Waals surface area contributed by atoms with Crippen LogP contribution in [0, 0.1) is 12.7 Å². The maximum Gasteiger partial charge on any atom is 0.341 e. The molecule has 0 saturated heterocycles. The van der Waals surface area contributed by atoms with E-state index in [4.69, 9.17) is 18.9 Å². The lowest BCUT2D eigenvalue weighted by molar-refractivity contribution is 0.0603. The molecule has 0 fully saturated rings. The van der Waals surface area contributed by atoms with Crippen LogP contribution >= 0.6 is 27.3 Å². The second kappa shape index (κ2) is 10.2. The molecule has 33 heavy (non-hydrogen) atoms. The fourth-order valence-electron chi connectivity index (χ4n) is 3.35. The molecule has 0 aliphatic heterocycles. The molecule has 0 saturated carbocycles. The fourth-order valence-corrected chi connectivity index (χ4v) is 5.05. The van der Waals surface area contributed by atoms with Gasteiger partial charge in [0.25, 0.3) is 5.91 Å². The first-order valence-corrected chi connectivity index (χ1v) is 11.2. The third-order valence-electron chi connectivity index (χ3n) is 4.85. The molecule has 2 aromatic carbocycles. The van der Waals surface area contributed by atoms with E-state index in [0.717, 1.165) is 4.88 Å². The first-order chi connectivity index (χ1) is 15.8. The SMILES string of the molecule is COC(=O)c1c(NC(=O)c2cc(OC)c(OC)c(OC)c2Br)sc(C)c1-c1ccc(F)cc1. The number of nitrogens with one attached hydrogen (secondary N) is 1. The molecule has 0 atom stereocenters. The van der Waals surface area contributed by atoms with Crippen LogP contribution in [-0.2, 0) is 4.74 Å². The summed E-state index contributed by atoms with van der Waals surface area (Å²) in [7, 11) is 5.60. The van der Waals surface area contributed by atoms with E-state index in [0.29, 0.717) is 32.1 Å². The Labute approximate surface area is 202 Å². The van der Waals surface area contributed by atoms with Crippen molar-refractivity contribution in [3.63, 3.8) is 0 Å². The van der Waals surface area contributed by atoms with Gasteiger partial charge < -0.3 is 24.3 Å². The van der Waals surface area contributed by atoms with Gasteiger partial charge in [-0.3, -0.25) is 4.79 Å². The van der Waals surface area contributed by atoms with Gasteiger partial charge in [0, 0.05) is 10.4 Å². The van der Waals surface area contributed by atoms with Crippen molar-refractivity contribution in [3.8, 4) is 28.4 Å². The van der Waals surface area contributed by atoms with E-state index in [1.54, 1.807) is 19.1 Å². The molecule has 1 amide bonds. The van der Waals surface area contributed by atoms with Gasteiger partial charge in [0.2, 0.25) is 5.75 Å². The van der Waals surface area contributed by atoms with Crippen molar-refractivity contribution in [2.75, 3.05) is 33.8 Å². The molecule has 0 unspecified atom stereocenters. The topological polar surface area (TPSA) is 83.1 Å². The van der Waals surface area contributed by atoms with Crippen LogP contribution in [0.25, 0.3) is 11.1 Å². The van der Waals surface area contributed by atoms with E-state index < -0.39 is 17.7 Å². The number of rotatable bonds is 7. The van der Waals surface area contributed by atoms with E-state index in [9.17, 15) is 14.0 Å². The van der Waals surface area contributed by atoms with Crippen molar-refractivity contribution in [3.05, 3.63) is 56.6 Å². The van der Waals surface area contributed by atoms with Gasteiger partial charge in [-0.15, -0.1) is 11.3 Å². The number of esters is 1. The number of hydrogen-bond donors (Lipinski definition) is 1. The largest absolute Gasteiger partial charge is 0.493 e. The summed E-state index contributed by atoms with van der Waals surface area (Å²) in [5, 5.41) is 3.08. The molecule has 0 aliphatic carbocycles. The number of halogens is 2. The van der Waals surface area contributed by atoms with Crippen LogP contribution in [-0.4, -0.2) is 40.3 Å². The summed E-state index contributed by atoms with van der Waals surface area (Å²) in [6.07, 6.45) is 0. The molecule has 174 valence electrons. The van der Waals surface area contributed by atoms with Crippen LogP contribution < -0.4 is 19.5 Å². The minimum Gasteiger partial charge on any atom is -0.493 e. The number of ether oxygens (including phenoxy) is 4. The molecular weight excluding hydrogens is 517 g/mol. The minimum atomic E-state index is -0.627. The third-order valence-corrected chi connectivity index (χ3v) is 6.66. The van der Waals surface area contributed by atoms with Crippen molar-refractivity contribution in [2.24, 2.45) is 0 Å². The predicted octanol–water partition coefficient (Wildman–Crippen LogP) is 5.69. The molecule has 1 heterocycles. The molecule has 0 bridgehead atoms. The van der Waals surface area contributed by atoms with E-state index in [1.807, 2.05) is 0 Å². The Morgan fingerprint density at radius 1 is 1.00 bits per heavy atom. The summed E-state index contributed by atoms with van der Waals surface area (Å²) < 4.78 is 34.8. The zero-order chi connectivity index (χ0) is 24.3. The number of aryl methyl sites for hydroxylation is 1.